The second kappa shape index (κ2) is 5.90. The molecule has 1 aromatic carbocycles. The standard InChI is InChI=1S/C13H11F2N3O/c14-10-1-2-12(11(15)7-10)18-13(19)17-8-9-3-5-16-6-4-9/h1-7H,8H2,(H2,17,18,19). The van der Waals surface area contributed by atoms with Gasteiger partial charge in [0.2, 0.25) is 0 Å². The number of anilines is 1. The third kappa shape index (κ3) is 3.74. The van der Waals surface area contributed by atoms with Crippen LogP contribution >= 0.6 is 0 Å². The largest absolute Gasteiger partial charge is 0.334 e. The van der Waals surface area contributed by atoms with Gasteiger partial charge in [-0.25, -0.2) is 13.6 Å². The highest BCUT2D eigenvalue weighted by Gasteiger charge is 2.07. The minimum Gasteiger partial charge on any atom is -0.334 e. The van der Waals surface area contributed by atoms with Crippen molar-refractivity contribution in [2.45, 2.75) is 6.54 Å². The number of hydrogen-bond donors (Lipinski definition) is 2. The van der Waals surface area contributed by atoms with E-state index in [-0.39, 0.29) is 12.2 Å². The molecular formula is C13H11F2N3O. The third-order valence-corrected chi connectivity index (χ3v) is 2.38. The summed E-state index contributed by atoms with van der Waals surface area (Å²) in [4.78, 5) is 15.4. The van der Waals surface area contributed by atoms with Crippen LogP contribution in [0.4, 0.5) is 19.3 Å². The van der Waals surface area contributed by atoms with Crippen LogP contribution in [0.15, 0.2) is 42.7 Å². The zero-order valence-corrected chi connectivity index (χ0v) is 9.86. The lowest BCUT2D eigenvalue weighted by Crippen LogP contribution is -2.28. The molecule has 2 aromatic rings. The molecule has 98 valence electrons. The summed E-state index contributed by atoms with van der Waals surface area (Å²) in [6.07, 6.45) is 3.21. The lowest BCUT2D eigenvalue weighted by atomic mass is 10.3. The molecule has 0 radical (unpaired) electrons. The second-order valence-corrected chi connectivity index (χ2v) is 3.79. The quantitative estimate of drug-likeness (QED) is 0.894. The topological polar surface area (TPSA) is 54.0 Å². The number of carbonyl (C=O) groups excluding carboxylic acids is 1. The van der Waals surface area contributed by atoms with Crippen LogP contribution in [0.1, 0.15) is 5.56 Å². The van der Waals surface area contributed by atoms with Crippen LogP contribution < -0.4 is 10.6 Å². The van der Waals surface area contributed by atoms with Gasteiger partial charge >= 0.3 is 6.03 Å². The monoisotopic (exact) mass is 263 g/mol. The molecular weight excluding hydrogens is 252 g/mol. The van der Waals surface area contributed by atoms with Crippen LogP contribution in [-0.4, -0.2) is 11.0 Å². The highest BCUT2D eigenvalue weighted by molar-refractivity contribution is 5.89. The van der Waals surface area contributed by atoms with Crippen LogP contribution in [0.2, 0.25) is 0 Å². The van der Waals surface area contributed by atoms with Crippen molar-refractivity contribution in [2.24, 2.45) is 0 Å². The number of halogens is 2. The average molecular weight is 263 g/mol. The maximum atomic E-state index is 13.3. The van der Waals surface area contributed by atoms with Crippen LogP contribution in [0.25, 0.3) is 0 Å². The molecule has 1 aromatic heterocycles. The van der Waals surface area contributed by atoms with E-state index < -0.39 is 17.7 Å². The number of amides is 2. The lowest BCUT2D eigenvalue weighted by Gasteiger charge is -2.08. The van der Waals surface area contributed by atoms with E-state index in [9.17, 15) is 13.6 Å². The van der Waals surface area contributed by atoms with Crippen molar-refractivity contribution in [3.05, 3.63) is 59.9 Å². The van der Waals surface area contributed by atoms with Crippen molar-refractivity contribution in [3.8, 4) is 0 Å². The van der Waals surface area contributed by atoms with Gasteiger partial charge in [0, 0.05) is 25.0 Å². The number of hydrogen-bond acceptors (Lipinski definition) is 2. The van der Waals surface area contributed by atoms with E-state index in [0.717, 1.165) is 17.7 Å². The summed E-state index contributed by atoms with van der Waals surface area (Å²) >= 11 is 0. The molecule has 2 N–H and O–H groups in total. The smallest absolute Gasteiger partial charge is 0.319 e. The van der Waals surface area contributed by atoms with Gasteiger partial charge in [0.1, 0.15) is 11.6 Å². The van der Waals surface area contributed by atoms with Crippen LogP contribution in [0.3, 0.4) is 0 Å². The van der Waals surface area contributed by atoms with Crippen molar-refractivity contribution in [1.82, 2.24) is 10.3 Å². The summed E-state index contributed by atoms with van der Waals surface area (Å²) in [5.74, 6) is -1.51. The van der Waals surface area contributed by atoms with E-state index in [1.54, 1.807) is 24.5 Å². The molecule has 0 spiro atoms. The van der Waals surface area contributed by atoms with Crippen molar-refractivity contribution in [1.29, 1.82) is 0 Å². The molecule has 6 heteroatoms. The first-order valence-corrected chi connectivity index (χ1v) is 5.54. The number of nitrogens with one attached hydrogen (secondary N) is 2. The molecule has 1 heterocycles. The predicted octanol–water partition coefficient (Wildman–Crippen LogP) is 2.68. The Morgan fingerprint density at radius 1 is 1.16 bits per heavy atom. The SMILES string of the molecule is O=C(NCc1ccncc1)Nc1ccc(F)cc1F. The molecule has 0 saturated heterocycles. The lowest BCUT2D eigenvalue weighted by molar-refractivity contribution is 0.251. The summed E-state index contributed by atoms with van der Waals surface area (Å²) in [6.45, 7) is 0.289. The van der Waals surface area contributed by atoms with Crippen LogP contribution in [0.5, 0.6) is 0 Å². The third-order valence-electron chi connectivity index (χ3n) is 2.38. The van der Waals surface area contributed by atoms with Gasteiger partial charge in [-0.2, -0.15) is 0 Å². The minimum atomic E-state index is -0.820. The molecule has 0 atom stereocenters. The molecule has 0 fully saturated rings. The molecule has 2 rings (SSSR count). The highest BCUT2D eigenvalue weighted by atomic mass is 19.1. The van der Waals surface area contributed by atoms with Gasteiger partial charge in [-0.05, 0) is 29.8 Å². The number of pyridine rings is 1. The molecule has 19 heavy (non-hydrogen) atoms. The Hall–Kier alpha value is -2.50. The number of rotatable bonds is 3. The Kier molecular flexibility index (Phi) is 4.02. The Balaban J connectivity index is 1.91. The second-order valence-electron chi connectivity index (χ2n) is 3.79. The van der Waals surface area contributed by atoms with Crippen LogP contribution in [-0.2, 0) is 6.54 Å². The van der Waals surface area contributed by atoms with Crippen molar-refractivity contribution in [3.63, 3.8) is 0 Å². The first kappa shape index (κ1) is 12.9. The Morgan fingerprint density at radius 3 is 2.58 bits per heavy atom. The van der Waals surface area contributed by atoms with Crippen molar-refractivity contribution < 1.29 is 13.6 Å². The minimum absolute atomic E-state index is 0.0753. The molecule has 2 amide bonds. The van der Waals surface area contributed by atoms with Gasteiger partial charge in [-0.1, -0.05) is 0 Å². The van der Waals surface area contributed by atoms with E-state index in [1.165, 1.54) is 0 Å². The summed E-state index contributed by atoms with van der Waals surface area (Å²) in [7, 11) is 0. The zero-order chi connectivity index (χ0) is 13.7. The molecule has 0 aliphatic carbocycles. The van der Waals surface area contributed by atoms with E-state index in [4.69, 9.17) is 0 Å². The van der Waals surface area contributed by atoms with Crippen molar-refractivity contribution >= 4 is 11.7 Å². The summed E-state index contributed by atoms with van der Waals surface area (Å²) in [6, 6.07) is 5.87. The van der Waals surface area contributed by atoms with Crippen molar-refractivity contribution in [2.75, 3.05) is 5.32 Å². The van der Waals surface area contributed by atoms with Gasteiger partial charge in [0.25, 0.3) is 0 Å². The first-order valence-electron chi connectivity index (χ1n) is 5.54. The van der Waals surface area contributed by atoms with E-state index in [0.29, 0.717) is 6.07 Å². The van der Waals surface area contributed by atoms with Gasteiger partial charge in [-0.15, -0.1) is 0 Å². The number of carbonyl (C=O) groups is 1. The summed E-state index contributed by atoms with van der Waals surface area (Å²) < 4.78 is 26.0. The fourth-order valence-electron chi connectivity index (χ4n) is 1.44. The maximum absolute atomic E-state index is 13.3. The van der Waals surface area contributed by atoms with E-state index in [1.807, 2.05) is 0 Å². The van der Waals surface area contributed by atoms with Gasteiger partial charge in [-0.3, -0.25) is 4.98 Å². The zero-order valence-electron chi connectivity index (χ0n) is 9.86. The fourth-order valence-corrected chi connectivity index (χ4v) is 1.44. The number of benzene rings is 1. The van der Waals surface area contributed by atoms with Crippen LogP contribution in [0, 0.1) is 11.6 Å². The Labute approximate surface area is 108 Å². The molecule has 0 aliphatic heterocycles. The highest BCUT2D eigenvalue weighted by Crippen LogP contribution is 2.14. The number of urea groups is 1. The predicted molar refractivity (Wildman–Crippen MR) is 66.5 cm³/mol. The maximum Gasteiger partial charge on any atom is 0.319 e. The molecule has 0 saturated carbocycles. The van der Waals surface area contributed by atoms with E-state index in [2.05, 4.69) is 15.6 Å². The molecule has 0 aliphatic rings. The number of aromatic nitrogens is 1. The molecule has 0 unspecified atom stereocenters. The van der Waals surface area contributed by atoms with Gasteiger partial charge < -0.3 is 10.6 Å². The summed E-state index contributed by atoms with van der Waals surface area (Å²) in [5.41, 5.74) is 0.790. The van der Waals surface area contributed by atoms with Gasteiger partial charge in [0.05, 0.1) is 5.69 Å². The Bertz CT molecular complexity index is 575. The molecule has 4 nitrogen and oxygen atoms in total. The molecule has 0 bridgehead atoms. The fraction of sp³-hybridized carbons (Fsp3) is 0.0769. The Morgan fingerprint density at radius 2 is 1.89 bits per heavy atom. The van der Waals surface area contributed by atoms with E-state index >= 15 is 0 Å². The number of nitrogens with zero attached hydrogens (tertiary/aromatic N) is 1. The average Bonchev–Trinajstić information content (AvgIpc) is 2.41. The van der Waals surface area contributed by atoms with Gasteiger partial charge in [0.15, 0.2) is 0 Å². The normalized spacial score (nSPS) is 10.0. The summed E-state index contributed by atoms with van der Waals surface area (Å²) in [5, 5.41) is 4.85. The first-order chi connectivity index (χ1) is 9.15.